The summed E-state index contributed by atoms with van der Waals surface area (Å²) in [6.45, 7) is 6.17. The van der Waals surface area contributed by atoms with Crippen molar-refractivity contribution in [2.45, 2.75) is 13.3 Å². The Bertz CT molecular complexity index is 5320. The first-order valence-electron chi connectivity index (χ1n) is 25.8. The molecular weight excluding hydrogens is 945 g/mol. The van der Waals surface area contributed by atoms with Crippen molar-refractivity contribution in [3.05, 3.63) is 228 Å². The van der Waals surface area contributed by atoms with Crippen LogP contribution in [0.3, 0.4) is 0 Å². The summed E-state index contributed by atoms with van der Waals surface area (Å²) in [5.41, 5.74) is 15.5. The Hall–Kier alpha value is -10.7. The maximum absolute atomic E-state index is 12.8. The summed E-state index contributed by atoms with van der Waals surface area (Å²) in [7, 11) is 0. The van der Waals surface area contributed by atoms with Crippen molar-refractivity contribution in [1.82, 2.24) is 13.7 Å². The molecule has 0 fully saturated rings. The lowest BCUT2D eigenvalue weighted by Gasteiger charge is -2.26. The van der Waals surface area contributed by atoms with Crippen LogP contribution in [0.2, 0.25) is 0 Å². The van der Waals surface area contributed by atoms with Gasteiger partial charge in [0.15, 0.2) is 11.2 Å². The number of nitrogens with zero attached hydrogens (tertiary/aromatic N) is 6. The monoisotopic (exact) mass is 984 g/mol. The molecule has 1 aliphatic rings. The second kappa shape index (κ2) is 15.9. The van der Waals surface area contributed by atoms with Crippen molar-refractivity contribution in [3.8, 4) is 40.3 Å². The molecule has 1 aliphatic carbocycles. The minimum absolute atomic E-state index is 0.303. The topological polar surface area (TPSA) is 101 Å². The predicted molar refractivity (Wildman–Crippen MR) is 314 cm³/mol. The fourth-order valence-corrected chi connectivity index (χ4v) is 13.1. The third kappa shape index (κ3) is 5.60. The highest BCUT2D eigenvalue weighted by Crippen LogP contribution is 2.52. The number of furan rings is 2. The molecular formula is C69H40N6O2. The van der Waals surface area contributed by atoms with Gasteiger partial charge in [-0.2, -0.15) is 10.5 Å². The van der Waals surface area contributed by atoms with E-state index in [1.54, 1.807) is 0 Å². The lowest BCUT2D eigenvalue weighted by Crippen LogP contribution is -2.15. The van der Waals surface area contributed by atoms with E-state index in [0.29, 0.717) is 57.0 Å². The van der Waals surface area contributed by atoms with Crippen LogP contribution in [-0.4, -0.2) is 20.4 Å². The van der Waals surface area contributed by atoms with E-state index >= 15 is 0 Å². The van der Waals surface area contributed by atoms with Crippen molar-refractivity contribution >= 4 is 122 Å². The molecule has 77 heavy (non-hydrogen) atoms. The second-order valence-electron chi connectivity index (χ2n) is 19.9. The zero-order chi connectivity index (χ0) is 51.2. The summed E-state index contributed by atoms with van der Waals surface area (Å²) < 4.78 is 20.6. The largest absolute Gasteiger partial charge is 0.454 e. The van der Waals surface area contributed by atoms with Crippen LogP contribution in [0.4, 0.5) is 0 Å². The standard InChI is InChI=1S/C69H40N6O2/c1-3-4-24-55(72-2)61-53(37-70)64(73-56-25-12-7-19-42(56)47-31-30-41-40-18-6-5-17-39(40)36-52(41)62(47)73)65(75-58-27-14-9-21-44(58)49-33-35-51-46-23-11-16-29-60(46)77-69(51)67(49)75)54(38-71)63(61)74-57-26-13-8-20-43(57)48-32-34-50-45-22-10-15-28-59(45)76-68(50)66(48)74/h3-35H,2,36H2,1H3/b4-3-,55-24-. The molecule has 0 unspecified atom stereocenters. The van der Waals surface area contributed by atoms with E-state index in [4.69, 9.17) is 13.8 Å². The van der Waals surface area contributed by atoms with Gasteiger partial charge in [0, 0.05) is 65.8 Å². The highest BCUT2D eigenvalue weighted by Gasteiger charge is 2.36. The van der Waals surface area contributed by atoms with E-state index in [2.05, 4.69) is 160 Å². The van der Waals surface area contributed by atoms with E-state index in [0.717, 1.165) is 109 Å². The minimum atomic E-state index is 0.303. The third-order valence-corrected chi connectivity index (χ3v) is 16.2. The molecule has 0 radical (unpaired) electrons. The van der Waals surface area contributed by atoms with Gasteiger partial charge in [0.05, 0.1) is 61.4 Å². The normalized spacial score (nSPS) is 12.7. The molecule has 5 aromatic heterocycles. The summed E-state index contributed by atoms with van der Waals surface area (Å²) >= 11 is 0. The predicted octanol–water partition coefficient (Wildman–Crippen LogP) is 17.7. The Labute approximate surface area is 439 Å². The van der Waals surface area contributed by atoms with Crippen LogP contribution in [0.15, 0.2) is 214 Å². The number of hydrogen-bond acceptors (Lipinski definition) is 5. The number of rotatable bonds is 6. The van der Waals surface area contributed by atoms with Crippen molar-refractivity contribution in [1.29, 1.82) is 10.5 Å². The molecule has 16 rings (SSSR count). The molecule has 15 aromatic rings. The number of aromatic nitrogens is 3. The number of fused-ring (bicyclic) bond motifs is 21. The molecule has 8 heteroatoms. The molecule has 0 bridgehead atoms. The number of aliphatic imine (C=N–C) groups is 1. The van der Waals surface area contributed by atoms with Gasteiger partial charge in [-0.3, -0.25) is 4.99 Å². The number of para-hydroxylation sites is 5. The van der Waals surface area contributed by atoms with E-state index in [-0.39, 0.29) is 0 Å². The Morgan fingerprint density at radius 2 is 0.935 bits per heavy atom. The summed E-state index contributed by atoms with van der Waals surface area (Å²) in [5, 5.41) is 35.1. The molecule has 0 aliphatic heterocycles. The molecule has 5 heterocycles. The van der Waals surface area contributed by atoms with Gasteiger partial charge >= 0.3 is 0 Å². The average molecular weight is 985 g/mol. The molecule has 358 valence electrons. The van der Waals surface area contributed by atoms with E-state index in [9.17, 15) is 10.5 Å². The Morgan fingerprint density at radius 3 is 1.49 bits per heavy atom. The van der Waals surface area contributed by atoms with Crippen LogP contribution in [0, 0.1) is 22.7 Å². The summed E-state index contributed by atoms with van der Waals surface area (Å²) in [6, 6.07) is 68.6. The van der Waals surface area contributed by atoms with Crippen molar-refractivity contribution in [2.24, 2.45) is 4.99 Å². The fourth-order valence-electron chi connectivity index (χ4n) is 13.1. The van der Waals surface area contributed by atoms with Crippen molar-refractivity contribution < 1.29 is 8.83 Å². The molecule has 0 N–H and O–H groups in total. The van der Waals surface area contributed by atoms with Gasteiger partial charge in [0.25, 0.3) is 0 Å². The van der Waals surface area contributed by atoms with Crippen LogP contribution >= 0.6 is 0 Å². The highest BCUT2D eigenvalue weighted by molar-refractivity contribution is 6.24. The van der Waals surface area contributed by atoms with Gasteiger partial charge in [-0.15, -0.1) is 0 Å². The molecule has 0 saturated heterocycles. The van der Waals surface area contributed by atoms with Gasteiger partial charge in [-0.1, -0.05) is 152 Å². The quantitative estimate of drug-likeness (QED) is 0.122. The summed E-state index contributed by atoms with van der Waals surface area (Å²) in [4.78, 5) is 4.83. The fraction of sp³-hybridized carbons (Fsp3) is 0.0290. The number of allylic oxidation sites excluding steroid dienone is 3. The van der Waals surface area contributed by atoms with Gasteiger partial charge in [0.1, 0.15) is 28.9 Å². The second-order valence-corrected chi connectivity index (χ2v) is 19.9. The van der Waals surface area contributed by atoms with Crippen LogP contribution in [0.25, 0.3) is 143 Å². The molecule has 8 nitrogen and oxygen atoms in total. The zero-order valence-electron chi connectivity index (χ0n) is 41.5. The lowest BCUT2D eigenvalue weighted by molar-refractivity contribution is 0.671. The number of nitriles is 2. The first kappa shape index (κ1) is 42.8. The average Bonchev–Trinajstić information content (AvgIpc) is 4.31. The lowest BCUT2D eigenvalue weighted by atomic mass is 9.93. The van der Waals surface area contributed by atoms with Crippen molar-refractivity contribution in [2.75, 3.05) is 0 Å². The maximum atomic E-state index is 12.8. The highest BCUT2D eigenvalue weighted by atomic mass is 16.3. The first-order chi connectivity index (χ1) is 38.1. The number of benzene rings is 10. The third-order valence-electron chi connectivity index (χ3n) is 16.2. The Morgan fingerprint density at radius 1 is 0.481 bits per heavy atom. The van der Waals surface area contributed by atoms with E-state index in [1.807, 2.05) is 79.7 Å². The van der Waals surface area contributed by atoms with E-state index in [1.165, 1.54) is 11.1 Å². The molecule has 10 aromatic carbocycles. The van der Waals surface area contributed by atoms with Crippen LogP contribution in [0.5, 0.6) is 0 Å². The van der Waals surface area contributed by atoms with Gasteiger partial charge < -0.3 is 22.5 Å². The summed E-state index contributed by atoms with van der Waals surface area (Å²) in [6.07, 6.45) is 6.41. The molecule has 0 spiro atoms. The smallest absolute Gasteiger partial charge is 0.160 e. The molecule has 0 atom stereocenters. The van der Waals surface area contributed by atoms with Crippen molar-refractivity contribution in [3.63, 3.8) is 0 Å². The maximum Gasteiger partial charge on any atom is 0.160 e. The van der Waals surface area contributed by atoms with Gasteiger partial charge in [-0.25, -0.2) is 0 Å². The van der Waals surface area contributed by atoms with Gasteiger partial charge in [-0.05, 0) is 84.4 Å². The van der Waals surface area contributed by atoms with Crippen LogP contribution in [0.1, 0.15) is 34.7 Å². The van der Waals surface area contributed by atoms with Crippen LogP contribution in [-0.2, 0) is 6.42 Å². The van der Waals surface area contributed by atoms with E-state index < -0.39 is 0 Å². The summed E-state index contributed by atoms with van der Waals surface area (Å²) in [5.74, 6) is 0. The SMILES string of the molecule is C=N/C(=C\C=C/C)c1c(C#N)c(-n2c3ccccc3c3ccc4c(c32)Cc2ccccc2-4)c(-n2c3ccccc3c3ccc4c5ccccc5oc4c32)c(C#N)c1-n1c2ccccc2c2ccc3c4ccccc4oc3c21. The molecule has 0 saturated carbocycles. The zero-order valence-corrected chi connectivity index (χ0v) is 41.5. The van der Waals surface area contributed by atoms with Crippen LogP contribution < -0.4 is 0 Å². The Balaban J connectivity index is 1.22. The first-order valence-corrected chi connectivity index (χ1v) is 25.8. The minimum Gasteiger partial charge on any atom is -0.454 e. The molecule has 0 amide bonds. The Kier molecular flexibility index (Phi) is 8.85. The van der Waals surface area contributed by atoms with Gasteiger partial charge in [0.2, 0.25) is 0 Å². The number of hydrogen-bond donors (Lipinski definition) is 0.